The monoisotopic (exact) mass is 301 g/mol. The van der Waals surface area contributed by atoms with Crippen LogP contribution in [0.1, 0.15) is 5.56 Å². The Balaban J connectivity index is 2.76. The van der Waals surface area contributed by atoms with Crippen molar-refractivity contribution in [1.29, 1.82) is 0 Å². The van der Waals surface area contributed by atoms with Gasteiger partial charge in [-0.1, -0.05) is 24.3 Å². The molecule has 0 saturated carbocycles. The summed E-state index contributed by atoms with van der Waals surface area (Å²) in [6, 6.07) is 9.89. The molecule has 1 amide bonds. The maximum absolute atomic E-state index is 11.6. The Morgan fingerprint density at radius 2 is 2.06 bits per heavy atom. The molecular weight excluding hydrogens is 290 g/mol. The molecule has 0 atom stereocenters. The van der Waals surface area contributed by atoms with Gasteiger partial charge < -0.3 is 4.90 Å². The smallest absolute Gasteiger partial charge is 0.302 e. The van der Waals surface area contributed by atoms with Crippen LogP contribution < -0.4 is 4.90 Å². The lowest BCUT2D eigenvalue weighted by Gasteiger charge is -2.18. The lowest BCUT2D eigenvalue weighted by atomic mass is 10.1. The van der Waals surface area contributed by atoms with Crippen LogP contribution in [0.25, 0.3) is 10.8 Å². The van der Waals surface area contributed by atoms with Crippen LogP contribution >= 0.6 is 15.9 Å². The van der Waals surface area contributed by atoms with Crippen molar-refractivity contribution in [2.75, 3.05) is 11.9 Å². The molecule has 90 valence electrons. The number of benzene rings is 2. The number of aryl methyl sites for hydroxylation is 1. The number of carbonyl (C=O) groups excluding carboxylic acids is 1. The number of anilines is 1. The number of rotatable bonds is 1. The summed E-state index contributed by atoms with van der Waals surface area (Å²) < 4.78 is 0.993. The number of hydrogen-bond donors (Lipinski definition) is 0. The maximum Gasteiger partial charge on any atom is 0.302 e. The summed E-state index contributed by atoms with van der Waals surface area (Å²) >= 11 is 3.58. The molecular formula is C15H12BrNO. The minimum atomic E-state index is -0.351. The zero-order valence-corrected chi connectivity index (χ0v) is 11.8. The normalized spacial score (nSPS) is 10.1. The maximum atomic E-state index is 11.6. The number of halogens is 1. The van der Waals surface area contributed by atoms with Gasteiger partial charge in [-0.15, -0.1) is 6.42 Å². The van der Waals surface area contributed by atoms with Crippen molar-refractivity contribution in [3.05, 3.63) is 40.4 Å². The molecule has 0 spiro atoms. The summed E-state index contributed by atoms with van der Waals surface area (Å²) in [7, 11) is 1.69. The summed E-state index contributed by atoms with van der Waals surface area (Å²) in [5.74, 6) is 1.78. The van der Waals surface area contributed by atoms with Crippen LogP contribution in [0.5, 0.6) is 0 Å². The van der Waals surface area contributed by atoms with Gasteiger partial charge in [-0.25, -0.2) is 0 Å². The number of nitrogens with zero attached hydrogens (tertiary/aromatic N) is 1. The van der Waals surface area contributed by atoms with E-state index in [9.17, 15) is 4.79 Å². The Hall–Kier alpha value is -1.79. The fourth-order valence-electron chi connectivity index (χ4n) is 1.91. The molecule has 18 heavy (non-hydrogen) atoms. The van der Waals surface area contributed by atoms with Gasteiger partial charge in [0.2, 0.25) is 0 Å². The van der Waals surface area contributed by atoms with E-state index in [1.54, 1.807) is 7.05 Å². The molecule has 0 bridgehead atoms. The predicted molar refractivity (Wildman–Crippen MR) is 78.6 cm³/mol. The molecule has 0 aliphatic carbocycles. The zero-order valence-electron chi connectivity index (χ0n) is 10.2. The van der Waals surface area contributed by atoms with E-state index >= 15 is 0 Å². The van der Waals surface area contributed by atoms with E-state index in [-0.39, 0.29) is 5.91 Å². The fourth-order valence-corrected chi connectivity index (χ4v) is 2.47. The van der Waals surface area contributed by atoms with Crippen molar-refractivity contribution in [3.63, 3.8) is 0 Å². The largest absolute Gasteiger partial charge is 0.304 e. The fraction of sp³-hybridized carbons (Fsp3) is 0.133. The molecule has 0 aliphatic heterocycles. The van der Waals surface area contributed by atoms with Gasteiger partial charge in [0.1, 0.15) is 0 Å². The van der Waals surface area contributed by atoms with Gasteiger partial charge in [-0.05, 0) is 45.8 Å². The van der Waals surface area contributed by atoms with Crippen molar-refractivity contribution < 1.29 is 4.79 Å². The highest BCUT2D eigenvalue weighted by Crippen LogP contribution is 2.34. The Morgan fingerprint density at radius 3 is 2.72 bits per heavy atom. The lowest BCUT2D eigenvalue weighted by Crippen LogP contribution is -2.24. The third-order valence-electron chi connectivity index (χ3n) is 2.94. The summed E-state index contributed by atoms with van der Waals surface area (Å²) in [4.78, 5) is 13.1. The molecule has 0 fully saturated rings. The molecule has 0 unspecified atom stereocenters. The summed E-state index contributed by atoms with van der Waals surface area (Å²) in [6.07, 6.45) is 5.17. The minimum absolute atomic E-state index is 0.351. The second-order valence-electron chi connectivity index (χ2n) is 4.08. The van der Waals surface area contributed by atoms with Gasteiger partial charge in [0.05, 0.1) is 5.69 Å². The van der Waals surface area contributed by atoms with Crippen molar-refractivity contribution >= 4 is 38.3 Å². The van der Waals surface area contributed by atoms with Crippen LogP contribution in [0.4, 0.5) is 5.69 Å². The molecule has 2 aromatic rings. The van der Waals surface area contributed by atoms with Crippen LogP contribution in [-0.4, -0.2) is 13.0 Å². The van der Waals surface area contributed by atoms with E-state index in [4.69, 9.17) is 6.42 Å². The van der Waals surface area contributed by atoms with Gasteiger partial charge >= 0.3 is 5.91 Å². The van der Waals surface area contributed by atoms with Gasteiger partial charge in [0.25, 0.3) is 0 Å². The quantitative estimate of drug-likeness (QED) is 0.738. The molecule has 0 radical (unpaired) electrons. The number of amides is 1. The van der Waals surface area contributed by atoms with E-state index < -0.39 is 0 Å². The first-order chi connectivity index (χ1) is 8.56. The van der Waals surface area contributed by atoms with Crippen LogP contribution in [0.15, 0.2) is 34.8 Å². The molecule has 0 aromatic heterocycles. The van der Waals surface area contributed by atoms with Crippen LogP contribution in [0.3, 0.4) is 0 Å². The minimum Gasteiger partial charge on any atom is -0.304 e. The Labute approximate surface area is 115 Å². The Kier molecular flexibility index (Phi) is 3.40. The lowest BCUT2D eigenvalue weighted by molar-refractivity contribution is -0.113. The third kappa shape index (κ3) is 2.00. The van der Waals surface area contributed by atoms with Crippen molar-refractivity contribution in [3.8, 4) is 12.3 Å². The first-order valence-electron chi connectivity index (χ1n) is 5.48. The van der Waals surface area contributed by atoms with Gasteiger partial charge in [-0.2, -0.15) is 0 Å². The number of terminal acetylenes is 1. The van der Waals surface area contributed by atoms with Gasteiger partial charge in [0, 0.05) is 16.9 Å². The topological polar surface area (TPSA) is 20.3 Å². The average Bonchev–Trinajstić information content (AvgIpc) is 2.40. The second kappa shape index (κ2) is 4.83. The van der Waals surface area contributed by atoms with Gasteiger partial charge in [-0.3, -0.25) is 4.79 Å². The summed E-state index contributed by atoms with van der Waals surface area (Å²) in [5.41, 5.74) is 1.93. The van der Waals surface area contributed by atoms with E-state index in [1.165, 1.54) is 4.90 Å². The number of fused-ring (bicyclic) bond motifs is 1. The highest BCUT2D eigenvalue weighted by molar-refractivity contribution is 9.10. The molecule has 2 rings (SSSR count). The van der Waals surface area contributed by atoms with E-state index in [2.05, 4.69) is 21.9 Å². The molecule has 2 aromatic carbocycles. The molecule has 3 heteroatoms. The zero-order chi connectivity index (χ0) is 13.3. The van der Waals surface area contributed by atoms with Gasteiger partial charge in [0.15, 0.2) is 0 Å². The second-order valence-corrected chi connectivity index (χ2v) is 4.87. The summed E-state index contributed by atoms with van der Waals surface area (Å²) in [6.45, 7) is 2.02. The molecule has 0 saturated heterocycles. The first-order valence-corrected chi connectivity index (χ1v) is 6.27. The standard InChI is InChI=1S/C15H12BrNO/c1-4-13(18)17(3)12-7-5-6-11-9-8-10(2)15(16)14(11)12/h1,5-9H,2-3H3. The molecule has 2 nitrogen and oxygen atoms in total. The predicted octanol–water partition coefficient (Wildman–Crippen LogP) is 3.51. The van der Waals surface area contributed by atoms with E-state index in [1.807, 2.05) is 37.3 Å². The van der Waals surface area contributed by atoms with E-state index in [0.717, 1.165) is 26.5 Å². The molecule has 0 N–H and O–H groups in total. The van der Waals surface area contributed by atoms with Crippen molar-refractivity contribution in [2.45, 2.75) is 6.92 Å². The third-order valence-corrected chi connectivity index (χ3v) is 3.96. The van der Waals surface area contributed by atoms with Crippen LogP contribution in [0, 0.1) is 19.3 Å². The first kappa shape index (κ1) is 12.7. The molecule has 0 aliphatic rings. The molecule has 0 heterocycles. The number of carbonyl (C=O) groups is 1. The Bertz CT molecular complexity index is 670. The number of hydrogen-bond acceptors (Lipinski definition) is 1. The van der Waals surface area contributed by atoms with Crippen molar-refractivity contribution in [1.82, 2.24) is 0 Å². The highest BCUT2D eigenvalue weighted by atomic mass is 79.9. The Morgan fingerprint density at radius 1 is 1.33 bits per heavy atom. The van der Waals surface area contributed by atoms with Crippen LogP contribution in [0.2, 0.25) is 0 Å². The summed E-state index contributed by atoms with van der Waals surface area (Å²) in [5, 5.41) is 2.07. The highest BCUT2D eigenvalue weighted by Gasteiger charge is 2.14. The van der Waals surface area contributed by atoms with Crippen molar-refractivity contribution in [2.24, 2.45) is 0 Å². The van der Waals surface area contributed by atoms with Crippen LogP contribution in [-0.2, 0) is 4.79 Å². The average molecular weight is 302 g/mol. The SMILES string of the molecule is C#CC(=O)N(C)c1cccc2ccc(C)c(Br)c12. The van der Waals surface area contributed by atoms with E-state index in [0.29, 0.717) is 0 Å².